The quantitative estimate of drug-likeness (QED) is 0.117. The highest BCUT2D eigenvalue weighted by molar-refractivity contribution is 5.79. The van der Waals surface area contributed by atoms with Gasteiger partial charge in [-0.1, -0.05) is 6.08 Å². The molecule has 1 amide bonds. The van der Waals surface area contributed by atoms with Gasteiger partial charge in [0.2, 0.25) is 5.91 Å². The molecule has 0 aliphatic carbocycles. The zero-order valence-electron chi connectivity index (χ0n) is 16.4. The summed E-state index contributed by atoms with van der Waals surface area (Å²) in [5.74, 6) is -1.83. The molecule has 1 aromatic heterocycles. The van der Waals surface area contributed by atoms with Crippen molar-refractivity contribution in [2.24, 2.45) is 11.5 Å². The molecular weight excluding hydrogens is 398 g/mol. The first-order valence-electron chi connectivity index (χ1n) is 9.16. The van der Waals surface area contributed by atoms with E-state index in [0.29, 0.717) is 13.0 Å². The number of quaternary nitrogens is 1. The monoisotopic (exact) mass is 424 g/mol. The number of ether oxygens (including phenoxy) is 1. The molecule has 9 N–H and O–H groups in total. The third-order valence-electron chi connectivity index (χ3n) is 4.57. The van der Waals surface area contributed by atoms with Crippen molar-refractivity contribution >= 4 is 17.8 Å². The number of hydrogen-bond acceptors (Lipinski definition) is 6. The number of nitrogens with zero attached hydrogens (tertiary/aromatic N) is 2. The third kappa shape index (κ3) is 6.02. The Balaban J connectivity index is 2.03. The number of rotatable bonds is 8. The normalized spacial score (nSPS) is 21.6. The highest BCUT2D eigenvalue weighted by Gasteiger charge is 2.31. The zero-order valence-corrected chi connectivity index (χ0v) is 16.4. The predicted octanol–water partition coefficient (Wildman–Crippen LogP) is -5.47. The second-order valence-corrected chi connectivity index (χ2v) is 6.97. The Labute approximate surface area is 170 Å². The molecule has 0 bridgehead atoms. The summed E-state index contributed by atoms with van der Waals surface area (Å²) in [7, 11) is 1.71. The molecule has 0 saturated heterocycles. The summed E-state index contributed by atoms with van der Waals surface area (Å²) >= 11 is 0. The minimum Gasteiger partial charge on any atom is -0.547 e. The summed E-state index contributed by atoms with van der Waals surface area (Å²) in [6.07, 6.45) is 1.95. The molecule has 0 unspecified atom stereocenters. The number of guanidine groups is 1. The van der Waals surface area contributed by atoms with Crippen LogP contribution in [0.1, 0.15) is 19.1 Å². The second-order valence-electron chi connectivity index (χ2n) is 6.97. The number of aromatic amines is 1. The first kappa shape index (κ1) is 22.8. The summed E-state index contributed by atoms with van der Waals surface area (Å²) in [6, 6.07) is -0.156. The number of nitrogens with one attached hydrogen (secondary N) is 2. The SMILES string of the molecule is C[N+](CC[C@H]([NH3+])CC(=O)N[C@H]1C=C[C@H](n2ccc(=O)[nH]c2=O)O[C@@H]1C(=O)[O-])=C(N)N. The zero-order chi connectivity index (χ0) is 22.4. The molecule has 1 aliphatic rings. The fourth-order valence-electron chi connectivity index (χ4n) is 2.82. The van der Waals surface area contributed by atoms with Crippen molar-refractivity contribution in [1.29, 1.82) is 0 Å². The number of amides is 1. The van der Waals surface area contributed by atoms with Crippen molar-refractivity contribution in [3.63, 3.8) is 0 Å². The van der Waals surface area contributed by atoms with Crippen LogP contribution >= 0.6 is 0 Å². The fraction of sp³-hybridized carbons (Fsp3) is 0.471. The average Bonchev–Trinajstić information content (AvgIpc) is 2.66. The Bertz CT molecular complexity index is 962. The Hall–Kier alpha value is -3.45. The van der Waals surface area contributed by atoms with Gasteiger partial charge in [0, 0.05) is 18.7 Å². The Morgan fingerprint density at radius 3 is 2.70 bits per heavy atom. The van der Waals surface area contributed by atoms with Crippen LogP contribution in [-0.2, 0) is 14.3 Å². The first-order chi connectivity index (χ1) is 14.1. The minimum atomic E-state index is -1.56. The van der Waals surface area contributed by atoms with E-state index in [2.05, 4.69) is 11.1 Å². The largest absolute Gasteiger partial charge is 0.547 e. The lowest BCUT2D eigenvalue weighted by molar-refractivity contribution is -0.512. The maximum Gasteiger partial charge on any atom is 0.340 e. The molecule has 0 saturated carbocycles. The van der Waals surface area contributed by atoms with Crippen LogP contribution in [0.3, 0.4) is 0 Å². The number of aliphatic carboxylic acids is 1. The van der Waals surface area contributed by atoms with Crippen LogP contribution in [-0.4, -0.2) is 63.7 Å². The smallest absolute Gasteiger partial charge is 0.340 e. The van der Waals surface area contributed by atoms with E-state index in [-0.39, 0.29) is 18.4 Å². The maximum atomic E-state index is 12.3. The average molecular weight is 424 g/mol. The van der Waals surface area contributed by atoms with Crippen LogP contribution in [0.5, 0.6) is 0 Å². The molecule has 1 aromatic rings. The summed E-state index contributed by atoms with van der Waals surface area (Å²) in [4.78, 5) is 48.9. The lowest BCUT2D eigenvalue weighted by Crippen LogP contribution is -2.63. The predicted molar refractivity (Wildman–Crippen MR) is 102 cm³/mol. The lowest BCUT2D eigenvalue weighted by atomic mass is 10.1. The van der Waals surface area contributed by atoms with Gasteiger partial charge in [-0.15, -0.1) is 0 Å². The van der Waals surface area contributed by atoms with E-state index in [1.54, 1.807) is 11.6 Å². The van der Waals surface area contributed by atoms with E-state index in [4.69, 9.17) is 16.2 Å². The minimum absolute atomic E-state index is 0.0469. The maximum absolute atomic E-state index is 12.3. The van der Waals surface area contributed by atoms with Crippen LogP contribution in [0.2, 0.25) is 0 Å². The highest BCUT2D eigenvalue weighted by Crippen LogP contribution is 2.19. The summed E-state index contributed by atoms with van der Waals surface area (Å²) in [5.41, 5.74) is 13.5. The summed E-state index contributed by atoms with van der Waals surface area (Å²) in [5, 5.41) is 14.1. The number of carboxylic acids is 1. The second kappa shape index (κ2) is 9.84. The first-order valence-corrected chi connectivity index (χ1v) is 9.16. The molecule has 164 valence electrons. The van der Waals surface area contributed by atoms with Crippen molar-refractivity contribution in [2.45, 2.75) is 37.3 Å². The van der Waals surface area contributed by atoms with Crippen molar-refractivity contribution in [1.82, 2.24) is 14.9 Å². The number of carboxylic acid groups (broad SMARTS) is 1. The van der Waals surface area contributed by atoms with Gasteiger partial charge in [0.05, 0.1) is 38.1 Å². The van der Waals surface area contributed by atoms with E-state index in [9.17, 15) is 24.3 Å². The van der Waals surface area contributed by atoms with Gasteiger partial charge in [-0.2, -0.15) is 0 Å². The topological polar surface area (TPSA) is 216 Å². The van der Waals surface area contributed by atoms with Gasteiger partial charge in [-0.05, 0) is 6.08 Å². The van der Waals surface area contributed by atoms with Crippen molar-refractivity contribution < 1.29 is 29.7 Å². The molecule has 2 heterocycles. The number of nitrogens with two attached hydrogens (primary N) is 2. The molecule has 0 radical (unpaired) electrons. The Morgan fingerprint density at radius 1 is 1.40 bits per heavy atom. The van der Waals surface area contributed by atoms with Crippen molar-refractivity contribution in [3.8, 4) is 0 Å². The number of H-pyrrole nitrogens is 1. The van der Waals surface area contributed by atoms with Crippen LogP contribution < -0.4 is 38.9 Å². The van der Waals surface area contributed by atoms with Gasteiger partial charge in [0.1, 0.15) is 6.10 Å². The Morgan fingerprint density at radius 2 is 2.10 bits per heavy atom. The summed E-state index contributed by atoms with van der Waals surface area (Å²) in [6.45, 7) is 0.507. The molecular formula is C17H26N7O6+. The van der Waals surface area contributed by atoms with Gasteiger partial charge in [-0.25, -0.2) is 4.79 Å². The van der Waals surface area contributed by atoms with Gasteiger partial charge < -0.3 is 25.7 Å². The number of carbonyl (C=O) groups excluding carboxylic acids is 2. The van der Waals surface area contributed by atoms with Crippen LogP contribution in [0.15, 0.2) is 34.0 Å². The number of hydrogen-bond donors (Lipinski definition) is 5. The highest BCUT2D eigenvalue weighted by atomic mass is 16.5. The summed E-state index contributed by atoms with van der Waals surface area (Å²) < 4.78 is 8.04. The lowest BCUT2D eigenvalue weighted by Gasteiger charge is -2.33. The van der Waals surface area contributed by atoms with Crippen LogP contribution in [0.4, 0.5) is 0 Å². The van der Waals surface area contributed by atoms with Crippen LogP contribution in [0.25, 0.3) is 0 Å². The molecule has 2 rings (SSSR count). The van der Waals surface area contributed by atoms with Crippen LogP contribution in [0, 0.1) is 0 Å². The number of aromatic nitrogens is 2. The van der Waals surface area contributed by atoms with Crippen molar-refractivity contribution in [2.75, 3.05) is 13.6 Å². The standard InChI is InChI=1S/C17H25N7O6/c1-23(16(19)20)6-4-9(18)8-12(26)21-10-2-3-13(30-14(10)15(27)28)24-7-5-11(25)22-17(24)29/h2-3,5,7,9-10,13-14H,4,6,8,18H2,1H3,(H6,19,20,21,22,25,26,27,28,29)/p+1/t9-,10-,13+,14-/m0/s1. The third-order valence-corrected chi connectivity index (χ3v) is 4.57. The molecule has 0 spiro atoms. The van der Waals surface area contributed by atoms with Gasteiger partial charge >= 0.3 is 11.6 Å². The molecule has 30 heavy (non-hydrogen) atoms. The molecule has 4 atom stereocenters. The van der Waals surface area contributed by atoms with Crippen molar-refractivity contribution in [3.05, 3.63) is 45.3 Å². The molecule has 13 nitrogen and oxygen atoms in total. The fourth-order valence-corrected chi connectivity index (χ4v) is 2.82. The molecule has 13 heteroatoms. The van der Waals surface area contributed by atoms with E-state index in [0.717, 1.165) is 10.6 Å². The molecule has 1 aliphatic heterocycles. The van der Waals surface area contributed by atoms with Gasteiger partial charge in [0.15, 0.2) is 6.23 Å². The van der Waals surface area contributed by atoms with E-state index >= 15 is 0 Å². The molecule has 0 aromatic carbocycles. The van der Waals surface area contributed by atoms with E-state index < -0.39 is 41.5 Å². The molecule has 0 fully saturated rings. The van der Waals surface area contributed by atoms with E-state index in [1.165, 1.54) is 18.3 Å². The van der Waals surface area contributed by atoms with E-state index in [1.807, 2.05) is 4.98 Å². The van der Waals surface area contributed by atoms with Gasteiger partial charge in [0.25, 0.3) is 5.56 Å². The number of carbonyl (C=O) groups is 2. The van der Waals surface area contributed by atoms with Gasteiger partial charge in [-0.3, -0.25) is 35.2 Å². The Kier molecular flexibility index (Phi) is 7.49.